The molecule has 0 saturated carbocycles. The Bertz CT molecular complexity index is 881. The quantitative estimate of drug-likeness (QED) is 0.608. The summed E-state index contributed by atoms with van der Waals surface area (Å²) in [5, 5.41) is 0.675. The van der Waals surface area contributed by atoms with Crippen LogP contribution >= 0.6 is 27.3 Å². The Balaban J connectivity index is 1.72. The second-order valence-corrected chi connectivity index (χ2v) is 7.87. The van der Waals surface area contributed by atoms with Gasteiger partial charge in [0.25, 0.3) is 5.91 Å². The molecule has 0 aliphatic carbocycles. The van der Waals surface area contributed by atoms with E-state index in [0.29, 0.717) is 22.1 Å². The van der Waals surface area contributed by atoms with E-state index in [1.54, 1.807) is 11.0 Å². The maximum Gasteiger partial charge on any atom is 0.296 e. The minimum Gasteiger partial charge on any atom is -0.444 e. The average molecular weight is 421 g/mol. The van der Waals surface area contributed by atoms with Crippen molar-refractivity contribution in [1.82, 2.24) is 4.98 Å². The summed E-state index contributed by atoms with van der Waals surface area (Å²) in [4.78, 5) is 19.5. The van der Waals surface area contributed by atoms with Crippen LogP contribution in [0.15, 0.2) is 39.4 Å². The number of aromatic nitrogens is 1. The number of benzene rings is 1. The lowest BCUT2D eigenvalue weighted by molar-refractivity contribution is 0.0893. The number of thiazole rings is 1. The van der Waals surface area contributed by atoms with Crippen molar-refractivity contribution < 1.29 is 13.9 Å². The molecule has 3 heterocycles. The van der Waals surface area contributed by atoms with Gasteiger partial charge in [-0.3, -0.25) is 9.69 Å². The van der Waals surface area contributed by atoms with E-state index >= 15 is 0 Å². The molecule has 1 amide bonds. The van der Waals surface area contributed by atoms with E-state index in [1.165, 1.54) is 11.3 Å². The van der Waals surface area contributed by atoms with Gasteiger partial charge in [0.1, 0.15) is 0 Å². The third kappa shape index (κ3) is 3.36. The predicted molar refractivity (Wildman–Crippen MR) is 101 cm³/mol. The van der Waals surface area contributed by atoms with Crippen molar-refractivity contribution in [2.75, 3.05) is 18.1 Å². The Morgan fingerprint density at radius 1 is 1.44 bits per heavy atom. The van der Waals surface area contributed by atoms with Gasteiger partial charge in [0, 0.05) is 12.2 Å². The first-order valence-corrected chi connectivity index (χ1v) is 9.78. The lowest BCUT2D eigenvalue weighted by Crippen LogP contribution is -2.37. The van der Waals surface area contributed by atoms with Crippen molar-refractivity contribution in [3.05, 3.63) is 46.3 Å². The van der Waals surface area contributed by atoms with E-state index < -0.39 is 0 Å². The van der Waals surface area contributed by atoms with Gasteiger partial charge in [-0.2, -0.15) is 0 Å². The third-order valence-electron chi connectivity index (χ3n) is 4.25. The SMILES string of the molecule is Cc1cc(Br)oc1C(=O)N(C[C@H]1CCCO1)c1nc2ccccc2s1. The zero-order valence-corrected chi connectivity index (χ0v) is 16.1. The number of furan rings is 1. The summed E-state index contributed by atoms with van der Waals surface area (Å²) < 4.78 is 12.9. The second-order valence-electron chi connectivity index (χ2n) is 6.08. The number of nitrogens with zero attached hydrogens (tertiary/aromatic N) is 2. The van der Waals surface area contributed by atoms with Crippen LogP contribution in [0.5, 0.6) is 0 Å². The molecule has 7 heteroatoms. The number of anilines is 1. The number of aryl methyl sites for hydroxylation is 1. The summed E-state index contributed by atoms with van der Waals surface area (Å²) in [5.74, 6) is 0.155. The zero-order chi connectivity index (χ0) is 17.4. The van der Waals surface area contributed by atoms with Crippen LogP contribution in [-0.4, -0.2) is 30.1 Å². The van der Waals surface area contributed by atoms with E-state index in [-0.39, 0.29) is 12.0 Å². The van der Waals surface area contributed by atoms with Crippen molar-refractivity contribution >= 4 is 48.5 Å². The molecule has 25 heavy (non-hydrogen) atoms. The molecule has 1 aromatic carbocycles. The third-order valence-corrected chi connectivity index (χ3v) is 5.70. The van der Waals surface area contributed by atoms with Gasteiger partial charge in [-0.15, -0.1) is 0 Å². The van der Waals surface area contributed by atoms with Crippen LogP contribution in [0.2, 0.25) is 0 Å². The number of fused-ring (bicyclic) bond motifs is 1. The van der Waals surface area contributed by atoms with Crippen LogP contribution in [0.3, 0.4) is 0 Å². The molecule has 3 aromatic rings. The Kier molecular flexibility index (Phi) is 4.62. The number of hydrogen-bond acceptors (Lipinski definition) is 5. The Morgan fingerprint density at radius 2 is 2.28 bits per heavy atom. The van der Waals surface area contributed by atoms with Gasteiger partial charge in [0.2, 0.25) is 0 Å². The first-order valence-electron chi connectivity index (χ1n) is 8.17. The number of carbonyl (C=O) groups excluding carboxylic acids is 1. The molecule has 0 N–H and O–H groups in total. The van der Waals surface area contributed by atoms with Gasteiger partial charge in [-0.1, -0.05) is 23.5 Å². The highest BCUT2D eigenvalue weighted by Crippen LogP contribution is 2.32. The van der Waals surface area contributed by atoms with Crippen molar-refractivity contribution in [3.8, 4) is 0 Å². The van der Waals surface area contributed by atoms with Crippen LogP contribution in [-0.2, 0) is 4.74 Å². The highest BCUT2D eigenvalue weighted by atomic mass is 79.9. The molecular formula is C18H17BrN2O3S. The topological polar surface area (TPSA) is 55.6 Å². The molecule has 0 radical (unpaired) electrons. The maximum absolute atomic E-state index is 13.2. The van der Waals surface area contributed by atoms with Crippen LogP contribution in [0.1, 0.15) is 29.0 Å². The zero-order valence-electron chi connectivity index (χ0n) is 13.7. The molecule has 1 atom stereocenters. The first kappa shape index (κ1) is 16.8. The normalized spacial score (nSPS) is 17.3. The fourth-order valence-corrected chi connectivity index (χ4v) is 4.47. The molecule has 1 aliphatic heterocycles. The van der Waals surface area contributed by atoms with E-state index in [0.717, 1.165) is 35.2 Å². The van der Waals surface area contributed by atoms with Gasteiger partial charge in [-0.25, -0.2) is 4.98 Å². The number of halogens is 1. The average Bonchev–Trinajstić information content (AvgIpc) is 3.31. The molecule has 2 aromatic heterocycles. The summed E-state index contributed by atoms with van der Waals surface area (Å²) in [6.07, 6.45) is 2.02. The molecular weight excluding hydrogens is 404 g/mol. The fourth-order valence-electron chi connectivity index (χ4n) is 2.99. The minimum atomic E-state index is -0.183. The minimum absolute atomic E-state index is 0.0367. The maximum atomic E-state index is 13.2. The summed E-state index contributed by atoms with van der Waals surface area (Å²) in [6, 6.07) is 9.70. The smallest absolute Gasteiger partial charge is 0.296 e. The molecule has 1 aliphatic rings. The summed E-state index contributed by atoms with van der Waals surface area (Å²) in [6.45, 7) is 3.10. The van der Waals surface area contributed by atoms with Crippen molar-refractivity contribution in [1.29, 1.82) is 0 Å². The van der Waals surface area contributed by atoms with Crippen molar-refractivity contribution in [2.45, 2.75) is 25.9 Å². The number of amides is 1. The van der Waals surface area contributed by atoms with Gasteiger partial charge < -0.3 is 9.15 Å². The van der Waals surface area contributed by atoms with Gasteiger partial charge >= 0.3 is 0 Å². The van der Waals surface area contributed by atoms with Crippen LogP contribution in [0.25, 0.3) is 10.2 Å². The molecule has 0 spiro atoms. The lowest BCUT2D eigenvalue weighted by atomic mass is 10.2. The summed E-state index contributed by atoms with van der Waals surface area (Å²) >= 11 is 4.81. The molecule has 0 bridgehead atoms. The van der Waals surface area contributed by atoms with Crippen LogP contribution < -0.4 is 4.90 Å². The standard InChI is InChI=1S/C18H17BrN2O3S/c1-11-9-15(19)24-16(11)17(22)21(10-12-5-4-8-23-12)18-20-13-6-2-3-7-14(13)25-18/h2-3,6-7,9,12H,4-5,8,10H2,1H3/t12-/m1/s1. The highest BCUT2D eigenvalue weighted by Gasteiger charge is 2.29. The Morgan fingerprint density at radius 3 is 2.96 bits per heavy atom. The largest absolute Gasteiger partial charge is 0.444 e. The first-order chi connectivity index (χ1) is 12.1. The number of ether oxygens (including phenoxy) is 1. The number of rotatable bonds is 4. The fraction of sp³-hybridized carbons (Fsp3) is 0.333. The van der Waals surface area contributed by atoms with Gasteiger partial charge in [0.15, 0.2) is 15.6 Å². The highest BCUT2D eigenvalue weighted by molar-refractivity contribution is 9.10. The monoisotopic (exact) mass is 420 g/mol. The lowest BCUT2D eigenvalue weighted by Gasteiger charge is -2.22. The second kappa shape index (κ2) is 6.90. The van der Waals surface area contributed by atoms with Gasteiger partial charge in [-0.05, 0) is 53.9 Å². The van der Waals surface area contributed by atoms with Crippen LogP contribution in [0.4, 0.5) is 5.13 Å². The molecule has 1 fully saturated rings. The summed E-state index contributed by atoms with van der Waals surface area (Å²) in [7, 11) is 0. The molecule has 4 rings (SSSR count). The van der Waals surface area contributed by atoms with E-state index in [9.17, 15) is 4.79 Å². The predicted octanol–water partition coefficient (Wildman–Crippen LogP) is 4.79. The van der Waals surface area contributed by atoms with Crippen molar-refractivity contribution in [2.24, 2.45) is 0 Å². The Labute approximate surface area is 157 Å². The number of carbonyl (C=O) groups is 1. The van der Waals surface area contributed by atoms with Gasteiger partial charge in [0.05, 0.1) is 22.9 Å². The molecule has 130 valence electrons. The Hall–Kier alpha value is -1.70. The molecule has 5 nitrogen and oxygen atoms in total. The molecule has 0 unspecified atom stereocenters. The number of para-hydroxylation sites is 1. The number of hydrogen-bond donors (Lipinski definition) is 0. The van der Waals surface area contributed by atoms with Crippen molar-refractivity contribution in [3.63, 3.8) is 0 Å². The van der Waals surface area contributed by atoms with Crippen LogP contribution in [0, 0.1) is 6.92 Å². The summed E-state index contributed by atoms with van der Waals surface area (Å²) in [5.41, 5.74) is 1.69. The van der Waals surface area contributed by atoms with E-state index in [4.69, 9.17) is 9.15 Å². The molecule has 1 saturated heterocycles. The van der Waals surface area contributed by atoms with E-state index in [2.05, 4.69) is 20.9 Å². The van der Waals surface area contributed by atoms with E-state index in [1.807, 2.05) is 31.2 Å².